The summed E-state index contributed by atoms with van der Waals surface area (Å²) < 4.78 is 5.16. The smallest absolute Gasteiger partial charge is 0.190 e. The highest BCUT2D eigenvalue weighted by atomic mass is 35.5. The molecule has 1 saturated heterocycles. The molecule has 0 spiro atoms. The van der Waals surface area contributed by atoms with E-state index in [0.29, 0.717) is 42.3 Å². The van der Waals surface area contributed by atoms with Crippen molar-refractivity contribution in [2.45, 2.75) is 17.2 Å². The molecule has 94 valence electrons. The Morgan fingerprint density at radius 3 is 3.12 bits per heavy atom. The molecule has 0 radical (unpaired) electrons. The first-order valence-corrected chi connectivity index (χ1v) is 6.84. The molecule has 7 heteroatoms. The molecule has 1 aliphatic heterocycles. The van der Waals surface area contributed by atoms with E-state index in [1.54, 1.807) is 6.07 Å². The van der Waals surface area contributed by atoms with Gasteiger partial charge in [0.25, 0.3) is 0 Å². The van der Waals surface area contributed by atoms with Crippen LogP contribution in [0, 0.1) is 0 Å². The lowest BCUT2D eigenvalue weighted by atomic mass is 10.0. The monoisotopic (exact) mass is 275 g/mol. The summed E-state index contributed by atoms with van der Waals surface area (Å²) in [5.74, 6) is 0.620. The molecule has 1 aliphatic rings. The molecular formula is C10H14ClN3O2S. The topological polar surface area (TPSA) is 67.3 Å². The summed E-state index contributed by atoms with van der Waals surface area (Å²) in [5.41, 5.74) is -0.809. The molecule has 1 aromatic heterocycles. The molecule has 0 bridgehead atoms. The van der Waals surface area contributed by atoms with Gasteiger partial charge in [0.1, 0.15) is 16.6 Å². The quantitative estimate of drug-likeness (QED) is 0.492. The lowest BCUT2D eigenvalue weighted by molar-refractivity contribution is 0.0381. The van der Waals surface area contributed by atoms with Crippen LogP contribution in [0.15, 0.2) is 11.2 Å². The van der Waals surface area contributed by atoms with Crippen molar-refractivity contribution in [2.75, 3.05) is 31.3 Å². The average molecular weight is 276 g/mol. The Morgan fingerprint density at radius 2 is 2.47 bits per heavy atom. The Bertz CT molecular complexity index is 399. The van der Waals surface area contributed by atoms with Gasteiger partial charge >= 0.3 is 0 Å². The standard InChI is InChI=1S/C10H14ClN3O2S/c1-17-9-13-7(11)4-8(14-9)12-5-10(15)2-3-16-6-10/h4,15H,2-3,5-6H2,1H3,(H,12,13,14). The summed E-state index contributed by atoms with van der Waals surface area (Å²) in [6.07, 6.45) is 2.52. The van der Waals surface area contributed by atoms with E-state index >= 15 is 0 Å². The molecule has 2 rings (SSSR count). The second-order valence-electron chi connectivity index (χ2n) is 3.94. The number of hydrogen-bond donors (Lipinski definition) is 2. The van der Waals surface area contributed by atoms with Crippen molar-refractivity contribution in [1.82, 2.24) is 9.97 Å². The zero-order chi connectivity index (χ0) is 12.3. The summed E-state index contributed by atoms with van der Waals surface area (Å²) in [5, 5.41) is 14.1. The lowest BCUT2D eigenvalue weighted by Gasteiger charge is -2.21. The van der Waals surface area contributed by atoms with Crippen LogP contribution in [0.25, 0.3) is 0 Å². The van der Waals surface area contributed by atoms with Crippen molar-refractivity contribution >= 4 is 29.2 Å². The molecular weight excluding hydrogens is 262 g/mol. The van der Waals surface area contributed by atoms with Gasteiger partial charge in [-0.05, 0) is 6.26 Å². The first kappa shape index (κ1) is 12.9. The molecule has 2 N–H and O–H groups in total. The number of ether oxygens (including phenoxy) is 1. The number of halogens is 1. The molecule has 1 atom stereocenters. The number of aromatic nitrogens is 2. The van der Waals surface area contributed by atoms with Gasteiger partial charge in [0.2, 0.25) is 0 Å². The minimum atomic E-state index is -0.809. The van der Waals surface area contributed by atoms with Crippen LogP contribution in [0.3, 0.4) is 0 Å². The largest absolute Gasteiger partial charge is 0.386 e. The van der Waals surface area contributed by atoms with Gasteiger partial charge < -0.3 is 15.2 Å². The van der Waals surface area contributed by atoms with Gasteiger partial charge in [-0.25, -0.2) is 9.97 Å². The third-order valence-electron chi connectivity index (χ3n) is 2.54. The van der Waals surface area contributed by atoms with Crippen LogP contribution >= 0.6 is 23.4 Å². The first-order chi connectivity index (χ1) is 8.11. The molecule has 5 nitrogen and oxygen atoms in total. The number of nitrogens with one attached hydrogen (secondary N) is 1. The van der Waals surface area contributed by atoms with Crippen LogP contribution in [0.1, 0.15) is 6.42 Å². The molecule has 0 amide bonds. The maximum atomic E-state index is 10.1. The van der Waals surface area contributed by atoms with Crippen LogP contribution in [-0.4, -0.2) is 46.7 Å². The minimum Gasteiger partial charge on any atom is -0.386 e. The molecule has 0 aliphatic carbocycles. The highest BCUT2D eigenvalue weighted by Gasteiger charge is 2.32. The zero-order valence-electron chi connectivity index (χ0n) is 9.44. The number of rotatable bonds is 4. The third-order valence-corrected chi connectivity index (χ3v) is 3.28. The summed E-state index contributed by atoms with van der Waals surface area (Å²) in [7, 11) is 0. The average Bonchev–Trinajstić information content (AvgIpc) is 2.73. The van der Waals surface area contributed by atoms with Crippen LogP contribution < -0.4 is 5.32 Å². The number of hydrogen-bond acceptors (Lipinski definition) is 6. The number of anilines is 1. The Balaban J connectivity index is 2.00. The fourth-order valence-electron chi connectivity index (χ4n) is 1.57. The van der Waals surface area contributed by atoms with Gasteiger partial charge in [-0.1, -0.05) is 23.4 Å². The van der Waals surface area contributed by atoms with Gasteiger partial charge in [0.15, 0.2) is 5.16 Å². The normalized spacial score (nSPS) is 23.9. The molecule has 1 unspecified atom stereocenters. The summed E-state index contributed by atoms with van der Waals surface area (Å²) in [6.45, 7) is 1.35. The predicted molar refractivity (Wildman–Crippen MR) is 67.7 cm³/mol. The fourth-order valence-corrected chi connectivity index (χ4v) is 2.18. The van der Waals surface area contributed by atoms with E-state index < -0.39 is 5.60 Å². The van der Waals surface area contributed by atoms with E-state index in [1.807, 2.05) is 6.26 Å². The molecule has 2 heterocycles. The van der Waals surface area contributed by atoms with Gasteiger partial charge in [-0.3, -0.25) is 0 Å². The van der Waals surface area contributed by atoms with E-state index in [4.69, 9.17) is 16.3 Å². The molecule has 1 aromatic rings. The first-order valence-electron chi connectivity index (χ1n) is 5.24. The highest BCUT2D eigenvalue weighted by molar-refractivity contribution is 7.98. The number of thioether (sulfide) groups is 1. The molecule has 1 fully saturated rings. The van der Waals surface area contributed by atoms with Crippen molar-refractivity contribution < 1.29 is 9.84 Å². The number of aliphatic hydroxyl groups is 1. The second-order valence-corrected chi connectivity index (χ2v) is 5.10. The summed E-state index contributed by atoms with van der Waals surface area (Å²) in [6, 6.07) is 1.64. The van der Waals surface area contributed by atoms with E-state index in [-0.39, 0.29) is 0 Å². The van der Waals surface area contributed by atoms with Gasteiger partial charge in [0.05, 0.1) is 6.61 Å². The second kappa shape index (κ2) is 5.39. The van der Waals surface area contributed by atoms with Gasteiger partial charge in [-0.2, -0.15) is 0 Å². The van der Waals surface area contributed by atoms with Crippen molar-refractivity contribution in [3.63, 3.8) is 0 Å². The van der Waals surface area contributed by atoms with E-state index in [2.05, 4.69) is 15.3 Å². The number of nitrogens with zero attached hydrogens (tertiary/aromatic N) is 2. The van der Waals surface area contributed by atoms with Crippen molar-refractivity contribution in [3.05, 3.63) is 11.2 Å². The fraction of sp³-hybridized carbons (Fsp3) is 0.600. The zero-order valence-corrected chi connectivity index (χ0v) is 11.0. The maximum absolute atomic E-state index is 10.1. The Kier molecular flexibility index (Phi) is 4.09. The highest BCUT2D eigenvalue weighted by Crippen LogP contribution is 2.21. The van der Waals surface area contributed by atoms with Crippen LogP contribution in [0.5, 0.6) is 0 Å². The molecule has 0 aromatic carbocycles. The van der Waals surface area contributed by atoms with Crippen molar-refractivity contribution in [2.24, 2.45) is 0 Å². The van der Waals surface area contributed by atoms with Crippen LogP contribution in [0.2, 0.25) is 5.15 Å². The van der Waals surface area contributed by atoms with Crippen LogP contribution in [0.4, 0.5) is 5.82 Å². The Labute approximate surface area is 109 Å². The predicted octanol–water partition coefficient (Wildman–Crippen LogP) is 1.42. The minimum absolute atomic E-state index is 0.355. The van der Waals surface area contributed by atoms with Crippen molar-refractivity contribution in [1.29, 1.82) is 0 Å². The summed E-state index contributed by atoms with van der Waals surface area (Å²) in [4.78, 5) is 8.29. The maximum Gasteiger partial charge on any atom is 0.190 e. The van der Waals surface area contributed by atoms with Gasteiger partial charge in [-0.15, -0.1) is 0 Å². The molecule has 0 saturated carbocycles. The SMILES string of the molecule is CSc1nc(Cl)cc(NCC2(O)CCOC2)n1. The van der Waals surface area contributed by atoms with Gasteiger partial charge in [0, 0.05) is 25.6 Å². The lowest BCUT2D eigenvalue weighted by Crippen LogP contribution is -2.37. The van der Waals surface area contributed by atoms with E-state index in [0.717, 1.165) is 0 Å². The molecule has 17 heavy (non-hydrogen) atoms. The Hall–Kier alpha value is -0.560. The summed E-state index contributed by atoms with van der Waals surface area (Å²) >= 11 is 7.29. The third kappa shape index (κ3) is 3.45. The Morgan fingerprint density at radius 1 is 1.65 bits per heavy atom. The van der Waals surface area contributed by atoms with E-state index in [9.17, 15) is 5.11 Å². The van der Waals surface area contributed by atoms with Crippen molar-refractivity contribution in [3.8, 4) is 0 Å². The van der Waals surface area contributed by atoms with E-state index in [1.165, 1.54) is 11.8 Å². The van der Waals surface area contributed by atoms with Crippen LogP contribution in [-0.2, 0) is 4.74 Å².